The van der Waals surface area contributed by atoms with Crippen LogP contribution in [0, 0.1) is 0 Å². The predicted molar refractivity (Wildman–Crippen MR) is 91.4 cm³/mol. The van der Waals surface area contributed by atoms with Crippen LogP contribution in [-0.4, -0.2) is 30.6 Å². The molecule has 2 heterocycles. The van der Waals surface area contributed by atoms with Crippen LogP contribution in [0.15, 0.2) is 60.7 Å². The number of hydrogen-bond acceptors (Lipinski definition) is 4. The number of fused-ring (bicyclic) bond motifs is 1. The van der Waals surface area contributed by atoms with Gasteiger partial charge in [-0.25, -0.2) is 8.42 Å². The first-order chi connectivity index (χ1) is 11.7. The SMILES string of the molecule is O=S1(=O)[C@@H]2[C@H](CCN1Cc1ccccc1)NO[C@H]2c1ccccc1. The normalized spacial score (nSPS) is 29.2. The molecule has 2 aromatic rings. The molecule has 0 unspecified atom stereocenters. The highest BCUT2D eigenvalue weighted by molar-refractivity contribution is 7.89. The summed E-state index contributed by atoms with van der Waals surface area (Å²) in [6.07, 6.45) is 0.278. The van der Waals surface area contributed by atoms with Crippen molar-refractivity contribution in [2.24, 2.45) is 0 Å². The van der Waals surface area contributed by atoms with Gasteiger partial charge in [-0.15, -0.1) is 0 Å². The van der Waals surface area contributed by atoms with Crippen molar-refractivity contribution < 1.29 is 13.3 Å². The highest BCUT2D eigenvalue weighted by Gasteiger charge is 2.51. The fourth-order valence-corrected chi connectivity index (χ4v) is 5.70. The predicted octanol–water partition coefficient (Wildman–Crippen LogP) is 2.24. The average Bonchev–Trinajstić information content (AvgIpc) is 3.05. The molecule has 0 radical (unpaired) electrons. The Bertz CT molecular complexity index is 796. The Morgan fingerprint density at radius 3 is 2.42 bits per heavy atom. The van der Waals surface area contributed by atoms with E-state index in [-0.39, 0.29) is 6.04 Å². The molecular formula is C18H20N2O3S. The minimum Gasteiger partial charge on any atom is -0.292 e. The summed E-state index contributed by atoms with van der Waals surface area (Å²) in [5, 5.41) is -0.586. The molecule has 6 heteroatoms. The van der Waals surface area contributed by atoms with E-state index in [0.29, 0.717) is 13.1 Å². The van der Waals surface area contributed by atoms with E-state index in [0.717, 1.165) is 17.5 Å². The van der Waals surface area contributed by atoms with Crippen molar-refractivity contribution in [2.45, 2.75) is 30.4 Å². The molecule has 5 nitrogen and oxygen atoms in total. The van der Waals surface area contributed by atoms with E-state index in [2.05, 4.69) is 5.48 Å². The van der Waals surface area contributed by atoms with Crippen LogP contribution in [0.2, 0.25) is 0 Å². The minimum atomic E-state index is -3.45. The van der Waals surface area contributed by atoms with Crippen LogP contribution in [0.4, 0.5) is 0 Å². The zero-order chi connectivity index (χ0) is 16.6. The smallest absolute Gasteiger partial charge is 0.221 e. The Balaban J connectivity index is 1.63. The number of hydrogen-bond donors (Lipinski definition) is 1. The van der Waals surface area contributed by atoms with E-state index in [1.54, 1.807) is 4.31 Å². The molecule has 0 aromatic heterocycles. The standard InChI is InChI=1S/C18H20N2O3S/c21-24(22)18-16(19-23-17(18)15-9-5-2-6-10-15)11-12-20(24)13-14-7-3-1-4-8-14/h1-10,16-19H,11-13H2/t16-,17-,18+/m0/s1. The molecule has 2 saturated heterocycles. The van der Waals surface area contributed by atoms with Crippen LogP contribution in [0.3, 0.4) is 0 Å². The summed E-state index contributed by atoms with van der Waals surface area (Å²) >= 11 is 0. The Kier molecular flexibility index (Phi) is 4.14. The molecule has 126 valence electrons. The maximum absolute atomic E-state index is 13.2. The second-order valence-electron chi connectivity index (χ2n) is 6.29. The zero-order valence-corrected chi connectivity index (χ0v) is 14.0. The van der Waals surface area contributed by atoms with Gasteiger partial charge in [-0.3, -0.25) is 4.84 Å². The number of benzene rings is 2. The van der Waals surface area contributed by atoms with Gasteiger partial charge in [0.1, 0.15) is 11.4 Å². The fraction of sp³-hybridized carbons (Fsp3) is 0.333. The molecule has 24 heavy (non-hydrogen) atoms. The molecule has 0 amide bonds. The molecule has 0 spiro atoms. The Labute approximate surface area is 142 Å². The lowest BCUT2D eigenvalue weighted by atomic mass is 10.0. The molecule has 2 aromatic carbocycles. The van der Waals surface area contributed by atoms with Crippen molar-refractivity contribution in [1.82, 2.24) is 9.79 Å². The third kappa shape index (κ3) is 2.75. The molecule has 2 aliphatic heterocycles. The van der Waals surface area contributed by atoms with Crippen molar-refractivity contribution in [3.63, 3.8) is 0 Å². The van der Waals surface area contributed by atoms with E-state index < -0.39 is 21.4 Å². The van der Waals surface area contributed by atoms with E-state index in [9.17, 15) is 8.42 Å². The lowest BCUT2D eigenvalue weighted by molar-refractivity contribution is 0.0260. The Morgan fingerprint density at radius 2 is 1.71 bits per heavy atom. The van der Waals surface area contributed by atoms with Gasteiger partial charge in [0.2, 0.25) is 10.0 Å². The van der Waals surface area contributed by atoms with Gasteiger partial charge in [-0.05, 0) is 17.5 Å². The topological polar surface area (TPSA) is 58.6 Å². The lowest BCUT2D eigenvalue weighted by Gasteiger charge is -2.34. The van der Waals surface area contributed by atoms with Crippen LogP contribution in [0.25, 0.3) is 0 Å². The zero-order valence-electron chi connectivity index (χ0n) is 13.2. The number of nitrogens with zero attached hydrogens (tertiary/aromatic N) is 1. The summed E-state index contributed by atoms with van der Waals surface area (Å²) in [5.74, 6) is 0. The van der Waals surface area contributed by atoms with Gasteiger partial charge in [0.25, 0.3) is 0 Å². The van der Waals surface area contributed by atoms with E-state index in [1.807, 2.05) is 60.7 Å². The summed E-state index contributed by atoms with van der Waals surface area (Å²) in [4.78, 5) is 5.66. The van der Waals surface area contributed by atoms with Gasteiger partial charge in [0.05, 0.1) is 6.04 Å². The summed E-state index contributed by atoms with van der Waals surface area (Å²) in [7, 11) is -3.45. The van der Waals surface area contributed by atoms with Crippen LogP contribution >= 0.6 is 0 Å². The van der Waals surface area contributed by atoms with Gasteiger partial charge >= 0.3 is 0 Å². The third-order valence-electron chi connectivity index (χ3n) is 4.76. The maximum atomic E-state index is 13.2. The molecule has 2 fully saturated rings. The van der Waals surface area contributed by atoms with Crippen molar-refractivity contribution in [3.05, 3.63) is 71.8 Å². The highest BCUT2D eigenvalue weighted by atomic mass is 32.2. The first-order valence-corrected chi connectivity index (χ1v) is 9.65. The number of rotatable bonds is 3. The molecular weight excluding hydrogens is 324 g/mol. The van der Waals surface area contributed by atoms with Crippen LogP contribution < -0.4 is 5.48 Å². The number of sulfonamides is 1. The Hall–Kier alpha value is -1.73. The summed E-state index contributed by atoms with van der Waals surface area (Å²) in [5.41, 5.74) is 4.84. The highest BCUT2D eigenvalue weighted by Crippen LogP contribution is 2.38. The quantitative estimate of drug-likeness (QED) is 0.928. The first-order valence-electron chi connectivity index (χ1n) is 8.15. The molecule has 3 atom stereocenters. The summed E-state index contributed by atoms with van der Waals surface area (Å²) in [6.45, 7) is 0.921. The average molecular weight is 344 g/mol. The van der Waals surface area contributed by atoms with Gasteiger partial charge in [-0.2, -0.15) is 9.79 Å². The third-order valence-corrected chi connectivity index (χ3v) is 7.06. The lowest BCUT2D eigenvalue weighted by Crippen LogP contribution is -2.52. The van der Waals surface area contributed by atoms with Crippen LogP contribution in [-0.2, 0) is 21.4 Å². The Morgan fingerprint density at radius 1 is 1.04 bits per heavy atom. The van der Waals surface area contributed by atoms with E-state index >= 15 is 0 Å². The molecule has 0 bridgehead atoms. The second kappa shape index (κ2) is 6.29. The molecule has 0 aliphatic carbocycles. The largest absolute Gasteiger partial charge is 0.292 e. The van der Waals surface area contributed by atoms with Crippen molar-refractivity contribution in [3.8, 4) is 0 Å². The fourth-order valence-electron chi connectivity index (χ4n) is 3.53. The molecule has 4 rings (SSSR count). The molecule has 0 saturated carbocycles. The summed E-state index contributed by atoms with van der Waals surface area (Å²) < 4.78 is 28.0. The van der Waals surface area contributed by atoms with Gasteiger partial charge in [0, 0.05) is 13.1 Å². The van der Waals surface area contributed by atoms with Crippen molar-refractivity contribution in [2.75, 3.05) is 6.54 Å². The van der Waals surface area contributed by atoms with E-state index in [1.165, 1.54) is 0 Å². The first kappa shape index (κ1) is 15.8. The summed E-state index contributed by atoms with van der Waals surface area (Å²) in [6, 6.07) is 19.1. The van der Waals surface area contributed by atoms with Crippen molar-refractivity contribution in [1.29, 1.82) is 0 Å². The van der Waals surface area contributed by atoms with Crippen LogP contribution in [0.5, 0.6) is 0 Å². The van der Waals surface area contributed by atoms with Gasteiger partial charge in [-0.1, -0.05) is 60.7 Å². The maximum Gasteiger partial charge on any atom is 0.221 e. The number of hydroxylamine groups is 1. The van der Waals surface area contributed by atoms with Gasteiger partial charge in [0.15, 0.2) is 0 Å². The molecule has 2 aliphatic rings. The number of nitrogens with one attached hydrogen (secondary N) is 1. The van der Waals surface area contributed by atoms with E-state index in [4.69, 9.17) is 4.84 Å². The van der Waals surface area contributed by atoms with Gasteiger partial charge < -0.3 is 0 Å². The second-order valence-corrected chi connectivity index (χ2v) is 8.38. The molecule has 1 N–H and O–H groups in total. The van der Waals surface area contributed by atoms with Crippen molar-refractivity contribution >= 4 is 10.0 Å². The monoisotopic (exact) mass is 344 g/mol. The van der Waals surface area contributed by atoms with Crippen LogP contribution in [0.1, 0.15) is 23.7 Å². The minimum absolute atomic E-state index is 0.160.